The highest BCUT2D eigenvalue weighted by Crippen LogP contribution is 2.54. The van der Waals surface area contributed by atoms with E-state index in [1.807, 2.05) is 0 Å². The first kappa shape index (κ1) is 19.0. The lowest BCUT2D eigenvalue weighted by atomic mass is 9.93. The average molecular weight is 435 g/mol. The third-order valence-electron chi connectivity index (χ3n) is 5.38. The topological polar surface area (TPSA) is 75.3 Å². The fourth-order valence-electron chi connectivity index (χ4n) is 3.96. The van der Waals surface area contributed by atoms with Crippen LogP contribution in [0.15, 0.2) is 53.6 Å². The van der Waals surface area contributed by atoms with Crippen LogP contribution in [0.4, 0.5) is 18.9 Å². The number of alkyl halides is 2. The summed E-state index contributed by atoms with van der Waals surface area (Å²) in [4.78, 5) is -0.0722. The van der Waals surface area contributed by atoms with E-state index >= 15 is 0 Å². The smallest absolute Gasteiger partial charge is 0.387 e. The van der Waals surface area contributed by atoms with E-state index in [0.29, 0.717) is 22.5 Å². The zero-order chi connectivity index (χ0) is 21.0. The van der Waals surface area contributed by atoms with Gasteiger partial charge < -0.3 is 4.74 Å². The summed E-state index contributed by atoms with van der Waals surface area (Å²) in [5.74, 6) is -0.526. The van der Waals surface area contributed by atoms with Crippen LogP contribution in [0.3, 0.4) is 0 Å². The molecular formula is C20H16F3N3O3S. The summed E-state index contributed by atoms with van der Waals surface area (Å²) in [6.07, 6.45) is 3.30. The highest BCUT2D eigenvalue weighted by molar-refractivity contribution is 7.92. The van der Waals surface area contributed by atoms with Gasteiger partial charge in [-0.2, -0.15) is 13.9 Å². The number of rotatable bonds is 5. The molecule has 156 valence electrons. The minimum atomic E-state index is -4.08. The summed E-state index contributed by atoms with van der Waals surface area (Å²) < 4.78 is 71.7. The molecule has 1 aliphatic heterocycles. The highest BCUT2D eigenvalue weighted by Gasteiger charge is 2.47. The van der Waals surface area contributed by atoms with E-state index in [4.69, 9.17) is 0 Å². The van der Waals surface area contributed by atoms with Crippen LogP contribution in [0.5, 0.6) is 5.75 Å². The molecule has 2 aliphatic rings. The molecule has 1 saturated carbocycles. The van der Waals surface area contributed by atoms with Crippen molar-refractivity contribution >= 4 is 15.7 Å². The molecular weight excluding hydrogens is 419 g/mol. The summed E-state index contributed by atoms with van der Waals surface area (Å²) in [7, 11) is -4.08. The maximum Gasteiger partial charge on any atom is 0.387 e. The van der Waals surface area contributed by atoms with Crippen LogP contribution in [0.1, 0.15) is 24.4 Å². The molecule has 1 unspecified atom stereocenters. The number of nitrogens with zero attached hydrogens (tertiary/aromatic N) is 2. The van der Waals surface area contributed by atoms with Gasteiger partial charge in [0.15, 0.2) is 0 Å². The molecule has 0 radical (unpaired) electrons. The SMILES string of the molecule is O=S(=O)(c1ccc(OC(F)F)cc1)N1c2ccc(F)cc2-c2[nH]ncc2C1C1CC1. The molecule has 1 fully saturated rings. The quantitative estimate of drug-likeness (QED) is 0.641. The molecule has 0 saturated heterocycles. The van der Waals surface area contributed by atoms with Crippen LogP contribution in [0, 0.1) is 11.7 Å². The van der Waals surface area contributed by atoms with Crippen LogP contribution in [-0.4, -0.2) is 25.2 Å². The van der Waals surface area contributed by atoms with Crippen LogP contribution in [-0.2, 0) is 10.0 Å². The molecule has 0 amide bonds. The third kappa shape index (κ3) is 3.02. The Hall–Kier alpha value is -3.01. The van der Waals surface area contributed by atoms with Crippen molar-refractivity contribution in [1.82, 2.24) is 10.2 Å². The average Bonchev–Trinajstić information content (AvgIpc) is 3.42. The lowest BCUT2D eigenvalue weighted by Gasteiger charge is -2.37. The number of aromatic amines is 1. The molecule has 1 atom stereocenters. The molecule has 0 bridgehead atoms. The fraction of sp³-hybridized carbons (Fsp3) is 0.250. The number of anilines is 1. The Labute approximate surface area is 170 Å². The van der Waals surface area contributed by atoms with Gasteiger partial charge in [-0.25, -0.2) is 12.8 Å². The Balaban J connectivity index is 1.65. The molecule has 5 rings (SSSR count). The number of aromatic nitrogens is 2. The minimum absolute atomic E-state index is 0.0722. The standard InChI is InChI=1S/C20H16F3N3O3S/c21-12-3-8-17-15(9-12)18-16(10-24-25-18)19(11-1-2-11)26(17)30(27,28)14-6-4-13(5-7-14)29-20(22)23/h3-11,19-20H,1-2H2,(H,24,25). The van der Waals surface area contributed by atoms with Crippen molar-refractivity contribution < 1.29 is 26.3 Å². The fourth-order valence-corrected chi connectivity index (χ4v) is 5.67. The van der Waals surface area contributed by atoms with E-state index in [2.05, 4.69) is 14.9 Å². The van der Waals surface area contributed by atoms with Gasteiger partial charge in [0.2, 0.25) is 0 Å². The van der Waals surface area contributed by atoms with Crippen LogP contribution in [0.25, 0.3) is 11.3 Å². The number of sulfonamides is 1. The highest BCUT2D eigenvalue weighted by atomic mass is 32.2. The van der Waals surface area contributed by atoms with Crippen molar-refractivity contribution in [2.24, 2.45) is 5.92 Å². The first-order valence-electron chi connectivity index (χ1n) is 9.29. The number of nitrogens with one attached hydrogen (secondary N) is 1. The monoisotopic (exact) mass is 435 g/mol. The van der Waals surface area contributed by atoms with Crippen molar-refractivity contribution in [2.75, 3.05) is 4.31 Å². The van der Waals surface area contributed by atoms with Crippen LogP contribution < -0.4 is 9.04 Å². The zero-order valence-corrected chi connectivity index (χ0v) is 16.2. The third-order valence-corrected chi connectivity index (χ3v) is 7.19. The van der Waals surface area contributed by atoms with E-state index in [1.165, 1.54) is 46.8 Å². The largest absolute Gasteiger partial charge is 0.435 e. The number of benzene rings is 2. The van der Waals surface area contributed by atoms with Gasteiger partial charge in [-0.05, 0) is 61.2 Å². The first-order chi connectivity index (χ1) is 14.4. The first-order valence-corrected chi connectivity index (χ1v) is 10.7. The van der Waals surface area contributed by atoms with E-state index in [9.17, 15) is 21.6 Å². The molecule has 3 aromatic rings. The molecule has 2 aromatic carbocycles. The van der Waals surface area contributed by atoms with Gasteiger partial charge in [0.1, 0.15) is 11.6 Å². The maximum absolute atomic E-state index is 14.0. The van der Waals surface area contributed by atoms with Crippen molar-refractivity contribution in [1.29, 1.82) is 0 Å². The Morgan fingerprint density at radius 2 is 1.87 bits per heavy atom. The summed E-state index contributed by atoms with van der Waals surface area (Å²) in [6.45, 7) is -3.00. The van der Waals surface area contributed by atoms with Crippen molar-refractivity contribution in [3.8, 4) is 17.0 Å². The molecule has 2 heterocycles. The van der Waals surface area contributed by atoms with E-state index in [-0.39, 0.29) is 16.6 Å². The molecule has 30 heavy (non-hydrogen) atoms. The van der Waals surface area contributed by atoms with Gasteiger partial charge in [-0.3, -0.25) is 9.40 Å². The van der Waals surface area contributed by atoms with Gasteiger partial charge >= 0.3 is 6.61 Å². The molecule has 1 N–H and O–H groups in total. The molecule has 0 spiro atoms. The van der Waals surface area contributed by atoms with Gasteiger partial charge in [-0.15, -0.1) is 0 Å². The summed E-state index contributed by atoms with van der Waals surface area (Å²) in [5.41, 5.74) is 2.05. The number of H-pyrrole nitrogens is 1. The molecule has 10 heteroatoms. The second-order valence-electron chi connectivity index (χ2n) is 7.29. The van der Waals surface area contributed by atoms with Crippen molar-refractivity contribution in [3.63, 3.8) is 0 Å². The molecule has 1 aromatic heterocycles. The number of hydrogen-bond acceptors (Lipinski definition) is 4. The Morgan fingerprint density at radius 3 is 2.53 bits per heavy atom. The number of ether oxygens (including phenoxy) is 1. The van der Waals surface area contributed by atoms with Gasteiger partial charge in [0.25, 0.3) is 10.0 Å². The summed E-state index contributed by atoms with van der Waals surface area (Å²) in [5, 5.41) is 6.93. The maximum atomic E-state index is 14.0. The van der Waals surface area contributed by atoms with Crippen molar-refractivity contribution in [3.05, 3.63) is 60.0 Å². The predicted molar refractivity (Wildman–Crippen MR) is 102 cm³/mol. The van der Waals surface area contributed by atoms with Gasteiger partial charge in [-0.1, -0.05) is 0 Å². The minimum Gasteiger partial charge on any atom is -0.435 e. The lowest BCUT2D eigenvalue weighted by molar-refractivity contribution is -0.0498. The van der Waals surface area contributed by atoms with E-state index in [1.54, 1.807) is 6.20 Å². The Morgan fingerprint density at radius 1 is 1.13 bits per heavy atom. The Bertz CT molecular complexity index is 1210. The second kappa shape index (κ2) is 6.76. The van der Waals surface area contributed by atoms with E-state index < -0.39 is 28.5 Å². The predicted octanol–water partition coefficient (Wildman–Crippen LogP) is 4.48. The number of halogens is 3. The number of fused-ring (bicyclic) bond motifs is 3. The lowest BCUT2D eigenvalue weighted by Crippen LogP contribution is -2.38. The molecule has 1 aliphatic carbocycles. The Kier molecular flexibility index (Phi) is 4.28. The van der Waals surface area contributed by atoms with Crippen molar-refractivity contribution in [2.45, 2.75) is 30.4 Å². The van der Waals surface area contributed by atoms with Crippen LogP contribution in [0.2, 0.25) is 0 Å². The zero-order valence-electron chi connectivity index (χ0n) is 15.4. The molecule has 6 nitrogen and oxygen atoms in total. The van der Waals surface area contributed by atoms with Gasteiger partial charge in [0.05, 0.1) is 28.5 Å². The van der Waals surface area contributed by atoms with Gasteiger partial charge in [0, 0.05) is 11.1 Å². The van der Waals surface area contributed by atoms with E-state index in [0.717, 1.165) is 12.8 Å². The normalized spacial score (nSPS) is 18.3. The second-order valence-corrected chi connectivity index (χ2v) is 9.11. The summed E-state index contributed by atoms with van der Waals surface area (Å²) in [6, 6.07) is 8.27. The van der Waals surface area contributed by atoms with Crippen LogP contribution >= 0.6 is 0 Å². The number of hydrogen-bond donors (Lipinski definition) is 1. The summed E-state index contributed by atoms with van der Waals surface area (Å²) >= 11 is 0.